The van der Waals surface area contributed by atoms with E-state index in [0.29, 0.717) is 11.6 Å². The molecule has 3 aromatic rings. The predicted molar refractivity (Wildman–Crippen MR) is 103 cm³/mol. The van der Waals surface area contributed by atoms with Gasteiger partial charge in [-0.05, 0) is 53.8 Å². The molecule has 1 N–H and O–H groups in total. The standard InChI is InChI=1S/C19H13IN2O2/c1-11-14(12-6-3-5-9-16(12)21-11)10-17-19(23)24-18(22-17)13-7-2-4-8-15(13)20/h2-10,23H,1H3/b14-10+. The molecule has 2 aromatic carbocycles. The third kappa shape index (κ3) is 2.54. The van der Waals surface area contributed by atoms with Crippen molar-refractivity contribution in [1.29, 1.82) is 0 Å². The molecule has 1 aliphatic rings. The number of aliphatic imine (C=N–C) groups is 1. The summed E-state index contributed by atoms with van der Waals surface area (Å²) in [5.74, 6) is 0.222. The first-order valence-corrected chi connectivity index (χ1v) is 8.53. The van der Waals surface area contributed by atoms with Gasteiger partial charge in [0, 0.05) is 20.4 Å². The third-order valence-electron chi connectivity index (χ3n) is 3.89. The highest BCUT2D eigenvalue weighted by Gasteiger charge is 2.20. The summed E-state index contributed by atoms with van der Waals surface area (Å²) in [5, 5.41) is 10.2. The summed E-state index contributed by atoms with van der Waals surface area (Å²) in [5.41, 5.74) is 5.08. The molecule has 0 saturated carbocycles. The molecule has 5 heteroatoms. The Kier molecular flexibility index (Phi) is 3.72. The van der Waals surface area contributed by atoms with Crippen LogP contribution in [0.25, 0.3) is 23.1 Å². The van der Waals surface area contributed by atoms with Gasteiger partial charge in [-0.15, -0.1) is 0 Å². The fourth-order valence-corrected chi connectivity index (χ4v) is 3.34. The van der Waals surface area contributed by atoms with Gasteiger partial charge < -0.3 is 9.52 Å². The van der Waals surface area contributed by atoms with Gasteiger partial charge in [0.05, 0.1) is 11.3 Å². The van der Waals surface area contributed by atoms with Crippen LogP contribution in [0.5, 0.6) is 5.95 Å². The number of hydrogen-bond acceptors (Lipinski definition) is 4. The van der Waals surface area contributed by atoms with E-state index < -0.39 is 0 Å². The second kappa shape index (κ2) is 5.90. The molecule has 118 valence electrons. The number of aromatic hydroxyl groups is 1. The Morgan fingerprint density at radius 2 is 1.75 bits per heavy atom. The number of oxazole rings is 1. The molecule has 0 unspecified atom stereocenters. The normalized spacial score (nSPS) is 14.8. The van der Waals surface area contributed by atoms with Gasteiger partial charge in [-0.2, -0.15) is 0 Å². The van der Waals surface area contributed by atoms with Crippen molar-refractivity contribution in [2.24, 2.45) is 4.99 Å². The number of benzene rings is 2. The highest BCUT2D eigenvalue weighted by atomic mass is 127. The second-order valence-electron chi connectivity index (χ2n) is 5.46. The molecule has 0 atom stereocenters. The minimum Gasteiger partial charge on any atom is -0.479 e. The molecular weight excluding hydrogens is 415 g/mol. The van der Waals surface area contributed by atoms with Crippen molar-refractivity contribution in [2.45, 2.75) is 6.92 Å². The van der Waals surface area contributed by atoms with Gasteiger partial charge in [-0.3, -0.25) is 4.99 Å². The largest absolute Gasteiger partial charge is 0.479 e. The summed E-state index contributed by atoms with van der Waals surface area (Å²) in [4.78, 5) is 9.00. The van der Waals surface area contributed by atoms with Crippen LogP contribution < -0.4 is 0 Å². The van der Waals surface area contributed by atoms with Crippen LogP contribution in [-0.2, 0) is 0 Å². The van der Waals surface area contributed by atoms with E-state index in [1.165, 1.54) is 0 Å². The van der Waals surface area contributed by atoms with Crippen LogP contribution in [0.2, 0.25) is 0 Å². The predicted octanol–water partition coefficient (Wildman–Crippen LogP) is 5.30. The molecule has 0 radical (unpaired) electrons. The SMILES string of the molecule is CC1=Nc2ccccc2/C1=C/c1nc(-c2ccccc2I)oc1O. The van der Waals surface area contributed by atoms with Crippen LogP contribution in [0.3, 0.4) is 0 Å². The maximum absolute atomic E-state index is 10.2. The van der Waals surface area contributed by atoms with Crippen LogP contribution >= 0.6 is 22.6 Å². The van der Waals surface area contributed by atoms with Crippen LogP contribution in [0.15, 0.2) is 57.9 Å². The number of rotatable bonds is 2. The average Bonchev–Trinajstić information content (AvgIpc) is 3.09. The monoisotopic (exact) mass is 428 g/mol. The van der Waals surface area contributed by atoms with E-state index in [0.717, 1.165) is 31.7 Å². The summed E-state index contributed by atoms with van der Waals surface area (Å²) >= 11 is 2.22. The fourth-order valence-electron chi connectivity index (χ4n) is 2.72. The van der Waals surface area contributed by atoms with E-state index in [4.69, 9.17) is 4.42 Å². The van der Waals surface area contributed by atoms with Crippen molar-refractivity contribution < 1.29 is 9.52 Å². The molecule has 4 nitrogen and oxygen atoms in total. The van der Waals surface area contributed by atoms with Crippen LogP contribution in [0.1, 0.15) is 18.2 Å². The molecular formula is C19H13IN2O2. The van der Waals surface area contributed by atoms with E-state index in [1.807, 2.05) is 61.5 Å². The molecule has 0 fully saturated rings. The van der Waals surface area contributed by atoms with Gasteiger partial charge in [0.15, 0.2) is 0 Å². The molecule has 0 amide bonds. The lowest BCUT2D eigenvalue weighted by Crippen LogP contribution is -1.90. The van der Waals surface area contributed by atoms with E-state index in [9.17, 15) is 5.11 Å². The zero-order valence-corrected chi connectivity index (χ0v) is 15.0. The highest BCUT2D eigenvalue weighted by molar-refractivity contribution is 14.1. The van der Waals surface area contributed by atoms with E-state index >= 15 is 0 Å². The molecule has 24 heavy (non-hydrogen) atoms. The Balaban J connectivity index is 1.80. The van der Waals surface area contributed by atoms with E-state index in [1.54, 1.807) is 0 Å². The number of aromatic nitrogens is 1. The Morgan fingerprint density at radius 3 is 2.54 bits per heavy atom. The van der Waals surface area contributed by atoms with Gasteiger partial charge in [0.1, 0.15) is 5.69 Å². The smallest absolute Gasteiger partial charge is 0.310 e. The second-order valence-corrected chi connectivity index (χ2v) is 6.62. The minimum absolute atomic E-state index is 0.186. The average molecular weight is 428 g/mol. The summed E-state index contributed by atoms with van der Waals surface area (Å²) in [7, 11) is 0. The van der Waals surface area contributed by atoms with Gasteiger partial charge in [0.2, 0.25) is 5.89 Å². The Morgan fingerprint density at radius 1 is 1.04 bits per heavy atom. The number of nitrogens with zero attached hydrogens (tertiary/aromatic N) is 2. The first-order valence-electron chi connectivity index (χ1n) is 7.45. The summed E-state index contributed by atoms with van der Waals surface area (Å²) in [6, 6.07) is 15.7. The lowest BCUT2D eigenvalue weighted by Gasteiger charge is -1.99. The van der Waals surface area contributed by atoms with Crippen molar-refractivity contribution in [3.8, 4) is 17.4 Å². The first kappa shape index (κ1) is 15.1. The third-order valence-corrected chi connectivity index (χ3v) is 4.83. The Hall–Kier alpha value is -2.41. The zero-order chi connectivity index (χ0) is 16.7. The Labute approximate surface area is 152 Å². The lowest BCUT2D eigenvalue weighted by molar-refractivity contribution is 0.336. The van der Waals surface area contributed by atoms with Gasteiger partial charge in [-0.25, -0.2) is 4.98 Å². The van der Waals surface area contributed by atoms with Gasteiger partial charge in [0.25, 0.3) is 0 Å². The number of halogens is 1. The molecule has 0 bridgehead atoms. The van der Waals surface area contributed by atoms with Crippen LogP contribution in [0.4, 0.5) is 5.69 Å². The number of fused-ring (bicyclic) bond motifs is 1. The van der Waals surface area contributed by atoms with Crippen LogP contribution in [0, 0.1) is 3.57 Å². The maximum Gasteiger partial charge on any atom is 0.310 e. The summed E-state index contributed by atoms with van der Waals surface area (Å²) in [6.45, 7) is 1.95. The van der Waals surface area contributed by atoms with Crippen molar-refractivity contribution in [3.05, 3.63) is 63.4 Å². The molecule has 4 rings (SSSR count). The number of allylic oxidation sites excluding steroid dienone is 1. The molecule has 0 spiro atoms. The molecule has 2 heterocycles. The van der Waals surface area contributed by atoms with Crippen molar-refractivity contribution in [2.75, 3.05) is 0 Å². The molecule has 1 aromatic heterocycles. The van der Waals surface area contributed by atoms with Crippen molar-refractivity contribution in [3.63, 3.8) is 0 Å². The molecule has 0 aliphatic carbocycles. The summed E-state index contributed by atoms with van der Waals surface area (Å²) < 4.78 is 6.48. The van der Waals surface area contributed by atoms with Gasteiger partial charge in [-0.1, -0.05) is 30.3 Å². The first-order chi connectivity index (χ1) is 11.6. The topological polar surface area (TPSA) is 58.6 Å². The molecule has 0 saturated heterocycles. The van der Waals surface area contributed by atoms with Crippen molar-refractivity contribution >= 4 is 45.6 Å². The highest BCUT2D eigenvalue weighted by Crippen LogP contribution is 2.37. The maximum atomic E-state index is 10.2. The van der Waals surface area contributed by atoms with Crippen LogP contribution in [-0.4, -0.2) is 15.8 Å². The lowest BCUT2D eigenvalue weighted by atomic mass is 10.0. The quantitative estimate of drug-likeness (QED) is 0.564. The van der Waals surface area contributed by atoms with Crippen molar-refractivity contribution in [1.82, 2.24) is 4.98 Å². The number of hydrogen-bond donors (Lipinski definition) is 1. The molecule has 1 aliphatic heterocycles. The van der Waals surface area contributed by atoms with E-state index in [2.05, 4.69) is 32.6 Å². The number of para-hydroxylation sites is 1. The van der Waals surface area contributed by atoms with E-state index in [-0.39, 0.29) is 5.95 Å². The summed E-state index contributed by atoms with van der Waals surface area (Å²) in [6.07, 6.45) is 1.82. The zero-order valence-electron chi connectivity index (χ0n) is 12.8. The Bertz CT molecular complexity index is 1000. The minimum atomic E-state index is -0.186. The van der Waals surface area contributed by atoms with Gasteiger partial charge >= 0.3 is 5.95 Å². The fraction of sp³-hybridized carbons (Fsp3) is 0.0526.